The molecular formula is C24H21Cl2NO3. The summed E-state index contributed by atoms with van der Waals surface area (Å²) in [6.45, 7) is 2.15. The van der Waals surface area contributed by atoms with E-state index < -0.39 is 0 Å². The minimum absolute atomic E-state index is 0.211. The molecule has 154 valence electrons. The van der Waals surface area contributed by atoms with Crippen molar-refractivity contribution in [1.82, 2.24) is 0 Å². The third-order valence-electron chi connectivity index (χ3n) is 4.45. The molecule has 3 rings (SSSR count). The SMILES string of the molecule is COc1cc(/C=C/C(=O)Nc2ccccc2C)ccc1OCc1c(Cl)cccc1Cl. The van der Waals surface area contributed by atoms with Gasteiger partial charge in [-0.05, 0) is 54.5 Å². The van der Waals surface area contributed by atoms with Gasteiger partial charge in [0, 0.05) is 27.4 Å². The second kappa shape index (κ2) is 10.2. The normalized spacial score (nSPS) is 10.8. The molecule has 0 fully saturated rings. The summed E-state index contributed by atoms with van der Waals surface area (Å²) >= 11 is 12.4. The van der Waals surface area contributed by atoms with Crippen LogP contribution in [0, 0.1) is 6.92 Å². The lowest BCUT2D eigenvalue weighted by atomic mass is 10.1. The molecule has 0 heterocycles. The minimum Gasteiger partial charge on any atom is -0.493 e. The van der Waals surface area contributed by atoms with Crippen molar-refractivity contribution in [2.24, 2.45) is 0 Å². The van der Waals surface area contributed by atoms with Crippen molar-refractivity contribution in [3.05, 3.63) is 93.5 Å². The number of methoxy groups -OCH3 is 1. The number of aryl methyl sites for hydroxylation is 1. The monoisotopic (exact) mass is 441 g/mol. The number of anilines is 1. The quantitative estimate of drug-likeness (QED) is 0.423. The number of rotatable bonds is 7. The molecule has 0 aliphatic heterocycles. The molecule has 0 saturated heterocycles. The summed E-state index contributed by atoms with van der Waals surface area (Å²) in [7, 11) is 1.56. The van der Waals surface area contributed by atoms with Crippen molar-refractivity contribution in [1.29, 1.82) is 0 Å². The number of amides is 1. The van der Waals surface area contributed by atoms with Gasteiger partial charge in [-0.1, -0.05) is 53.5 Å². The summed E-state index contributed by atoms with van der Waals surface area (Å²) in [6, 6.07) is 18.3. The topological polar surface area (TPSA) is 47.6 Å². The van der Waals surface area contributed by atoms with Gasteiger partial charge >= 0.3 is 0 Å². The third kappa shape index (κ3) is 5.56. The van der Waals surface area contributed by atoms with Crippen molar-refractivity contribution >= 4 is 40.9 Å². The fourth-order valence-corrected chi connectivity index (χ4v) is 3.29. The minimum atomic E-state index is -0.211. The van der Waals surface area contributed by atoms with Gasteiger partial charge in [0.1, 0.15) is 6.61 Å². The number of para-hydroxylation sites is 1. The third-order valence-corrected chi connectivity index (χ3v) is 5.16. The van der Waals surface area contributed by atoms with Gasteiger partial charge in [-0.3, -0.25) is 4.79 Å². The number of ether oxygens (including phenoxy) is 2. The van der Waals surface area contributed by atoms with Gasteiger partial charge in [0.05, 0.1) is 7.11 Å². The van der Waals surface area contributed by atoms with Crippen molar-refractivity contribution in [3.63, 3.8) is 0 Å². The fourth-order valence-electron chi connectivity index (χ4n) is 2.79. The molecule has 0 bridgehead atoms. The van der Waals surface area contributed by atoms with Gasteiger partial charge in [0.25, 0.3) is 0 Å². The van der Waals surface area contributed by atoms with E-state index in [0.29, 0.717) is 27.1 Å². The van der Waals surface area contributed by atoms with Crippen LogP contribution in [-0.4, -0.2) is 13.0 Å². The van der Waals surface area contributed by atoms with Gasteiger partial charge in [0.15, 0.2) is 11.5 Å². The molecule has 0 unspecified atom stereocenters. The molecule has 0 aromatic heterocycles. The Labute approximate surface area is 186 Å². The van der Waals surface area contributed by atoms with Crippen LogP contribution in [0.15, 0.2) is 66.7 Å². The molecule has 0 radical (unpaired) electrons. The highest BCUT2D eigenvalue weighted by molar-refractivity contribution is 6.35. The maximum atomic E-state index is 12.2. The van der Waals surface area contributed by atoms with Gasteiger partial charge in [-0.25, -0.2) is 0 Å². The van der Waals surface area contributed by atoms with E-state index in [1.165, 1.54) is 6.08 Å². The van der Waals surface area contributed by atoms with E-state index in [0.717, 1.165) is 16.8 Å². The van der Waals surface area contributed by atoms with E-state index >= 15 is 0 Å². The molecule has 0 saturated carbocycles. The maximum absolute atomic E-state index is 12.2. The van der Waals surface area contributed by atoms with Crippen LogP contribution in [0.3, 0.4) is 0 Å². The standard InChI is InChI=1S/C24H21Cl2NO3/c1-16-6-3-4-9-21(16)27-24(28)13-11-17-10-12-22(23(14-17)29-2)30-15-18-19(25)7-5-8-20(18)26/h3-14H,15H2,1-2H3,(H,27,28)/b13-11+. The van der Waals surface area contributed by atoms with Crippen LogP contribution >= 0.6 is 23.2 Å². The first-order valence-corrected chi connectivity index (χ1v) is 10.0. The number of hydrogen-bond acceptors (Lipinski definition) is 3. The molecule has 1 N–H and O–H groups in total. The molecule has 1 amide bonds. The molecular weight excluding hydrogens is 421 g/mol. The van der Waals surface area contributed by atoms with Crippen LogP contribution in [0.2, 0.25) is 10.0 Å². The van der Waals surface area contributed by atoms with Gasteiger partial charge in [0.2, 0.25) is 5.91 Å². The number of benzene rings is 3. The zero-order valence-electron chi connectivity index (χ0n) is 16.6. The Kier molecular flexibility index (Phi) is 7.39. The summed E-state index contributed by atoms with van der Waals surface area (Å²) in [5, 5.41) is 3.95. The van der Waals surface area contributed by atoms with Crippen molar-refractivity contribution in [2.75, 3.05) is 12.4 Å². The second-order valence-electron chi connectivity index (χ2n) is 6.54. The number of hydrogen-bond donors (Lipinski definition) is 1. The average molecular weight is 442 g/mol. The number of nitrogens with one attached hydrogen (secondary N) is 1. The summed E-state index contributed by atoms with van der Waals surface area (Å²) in [5.41, 5.74) is 3.29. The molecule has 0 spiro atoms. The van der Waals surface area contributed by atoms with Gasteiger partial charge in [-0.2, -0.15) is 0 Å². The van der Waals surface area contributed by atoms with Crippen molar-refractivity contribution in [3.8, 4) is 11.5 Å². The Morgan fingerprint density at radius 2 is 1.73 bits per heavy atom. The Morgan fingerprint density at radius 1 is 1.00 bits per heavy atom. The van der Waals surface area contributed by atoms with Crippen LogP contribution in [0.5, 0.6) is 11.5 Å². The van der Waals surface area contributed by atoms with Crippen LogP contribution in [0.1, 0.15) is 16.7 Å². The maximum Gasteiger partial charge on any atom is 0.248 e. The molecule has 3 aromatic carbocycles. The number of halogens is 2. The average Bonchev–Trinajstić information content (AvgIpc) is 2.74. The van der Waals surface area contributed by atoms with Crippen LogP contribution in [-0.2, 0) is 11.4 Å². The number of carbonyl (C=O) groups excluding carboxylic acids is 1. The number of carbonyl (C=O) groups is 1. The Hall–Kier alpha value is -2.95. The Balaban J connectivity index is 1.68. The van der Waals surface area contributed by atoms with Crippen LogP contribution in [0.25, 0.3) is 6.08 Å². The van der Waals surface area contributed by atoms with Crippen LogP contribution in [0.4, 0.5) is 5.69 Å². The summed E-state index contributed by atoms with van der Waals surface area (Å²) < 4.78 is 11.3. The molecule has 0 atom stereocenters. The molecule has 4 nitrogen and oxygen atoms in total. The molecule has 3 aromatic rings. The second-order valence-corrected chi connectivity index (χ2v) is 7.35. The predicted octanol–water partition coefficient (Wildman–Crippen LogP) is 6.54. The van der Waals surface area contributed by atoms with E-state index in [-0.39, 0.29) is 12.5 Å². The van der Waals surface area contributed by atoms with E-state index in [4.69, 9.17) is 32.7 Å². The molecule has 0 aliphatic rings. The van der Waals surface area contributed by atoms with E-state index in [2.05, 4.69) is 5.32 Å². The lowest BCUT2D eigenvalue weighted by molar-refractivity contribution is -0.111. The van der Waals surface area contributed by atoms with E-state index in [9.17, 15) is 4.79 Å². The van der Waals surface area contributed by atoms with E-state index in [1.54, 1.807) is 43.5 Å². The predicted molar refractivity (Wildman–Crippen MR) is 123 cm³/mol. The Morgan fingerprint density at radius 3 is 2.43 bits per heavy atom. The first-order valence-electron chi connectivity index (χ1n) is 9.26. The first-order chi connectivity index (χ1) is 14.5. The van der Waals surface area contributed by atoms with Crippen LogP contribution < -0.4 is 14.8 Å². The molecule has 0 aliphatic carbocycles. The molecule has 6 heteroatoms. The molecule has 30 heavy (non-hydrogen) atoms. The highest BCUT2D eigenvalue weighted by Crippen LogP contribution is 2.31. The van der Waals surface area contributed by atoms with E-state index in [1.807, 2.05) is 37.3 Å². The lowest BCUT2D eigenvalue weighted by Crippen LogP contribution is -2.08. The summed E-state index contributed by atoms with van der Waals surface area (Å²) in [6.07, 6.45) is 3.19. The highest BCUT2D eigenvalue weighted by Gasteiger charge is 2.10. The van der Waals surface area contributed by atoms with Crippen molar-refractivity contribution < 1.29 is 14.3 Å². The fraction of sp³-hybridized carbons (Fsp3) is 0.125. The van der Waals surface area contributed by atoms with Gasteiger partial charge in [-0.15, -0.1) is 0 Å². The highest BCUT2D eigenvalue weighted by atomic mass is 35.5. The summed E-state index contributed by atoms with van der Waals surface area (Å²) in [4.78, 5) is 12.2. The lowest BCUT2D eigenvalue weighted by Gasteiger charge is -2.13. The zero-order chi connectivity index (χ0) is 21.5. The van der Waals surface area contributed by atoms with Gasteiger partial charge < -0.3 is 14.8 Å². The zero-order valence-corrected chi connectivity index (χ0v) is 18.1. The van der Waals surface area contributed by atoms with Crippen molar-refractivity contribution in [2.45, 2.75) is 13.5 Å². The largest absolute Gasteiger partial charge is 0.493 e. The summed E-state index contributed by atoms with van der Waals surface area (Å²) in [5.74, 6) is 0.881. The Bertz CT molecular complexity index is 1060. The smallest absolute Gasteiger partial charge is 0.248 e. The first kappa shape index (κ1) is 21.8.